The molecule has 31 heavy (non-hydrogen) atoms. The van der Waals surface area contributed by atoms with E-state index < -0.39 is 17.6 Å². The van der Waals surface area contributed by atoms with Crippen LogP contribution in [0, 0.1) is 12.7 Å². The van der Waals surface area contributed by atoms with Crippen molar-refractivity contribution < 1.29 is 23.5 Å². The number of nitrogens with zero attached hydrogens (tertiary/aromatic N) is 2. The molecule has 2 amide bonds. The highest BCUT2D eigenvalue weighted by Gasteiger charge is 2.44. The number of carbonyl (C=O) groups excluding carboxylic acids is 2. The Bertz CT molecular complexity index is 1050. The number of hydrogen-bond acceptors (Lipinski definition) is 5. The minimum absolute atomic E-state index is 0.101. The van der Waals surface area contributed by atoms with E-state index in [0.29, 0.717) is 35.8 Å². The molecule has 2 unspecified atom stereocenters. The standard InChI is InChI=1S/C24H25FN2O4/c1-14-5-10-20(30-4)19(11-14)27-23(28)21(17-6-8-18(25)9-7-17)22(24(27)29)26-12-15(2)31-16(3)13-26/h5-11,15-16H,12-13H2,1-4H3. The van der Waals surface area contributed by atoms with Crippen LogP contribution >= 0.6 is 0 Å². The van der Waals surface area contributed by atoms with Gasteiger partial charge in [-0.25, -0.2) is 9.29 Å². The first-order valence-corrected chi connectivity index (χ1v) is 10.2. The van der Waals surface area contributed by atoms with E-state index in [1.165, 1.54) is 31.4 Å². The number of ether oxygens (including phenoxy) is 2. The van der Waals surface area contributed by atoms with E-state index in [9.17, 15) is 14.0 Å². The first-order valence-electron chi connectivity index (χ1n) is 10.2. The Morgan fingerprint density at radius 3 is 2.26 bits per heavy atom. The molecule has 0 aliphatic carbocycles. The fraction of sp³-hybridized carbons (Fsp3) is 0.333. The zero-order chi connectivity index (χ0) is 22.3. The van der Waals surface area contributed by atoms with Crippen molar-refractivity contribution in [1.29, 1.82) is 0 Å². The summed E-state index contributed by atoms with van der Waals surface area (Å²) < 4.78 is 24.8. The Hall–Kier alpha value is -3.19. The molecule has 2 aromatic rings. The molecule has 7 heteroatoms. The van der Waals surface area contributed by atoms with Crippen LogP contribution in [0.3, 0.4) is 0 Å². The minimum Gasteiger partial charge on any atom is -0.495 e. The predicted octanol–water partition coefficient (Wildman–Crippen LogP) is 3.54. The first kappa shape index (κ1) is 21.1. The molecule has 2 aliphatic rings. The SMILES string of the molecule is COc1ccc(C)cc1N1C(=O)C(c2ccc(F)cc2)=C(N2CC(C)OC(C)C2)C1=O. The van der Waals surface area contributed by atoms with E-state index in [0.717, 1.165) is 10.5 Å². The molecule has 6 nitrogen and oxygen atoms in total. The van der Waals surface area contributed by atoms with Gasteiger partial charge in [0.1, 0.15) is 17.3 Å². The molecule has 4 rings (SSSR count). The van der Waals surface area contributed by atoms with E-state index in [1.54, 1.807) is 12.1 Å². The van der Waals surface area contributed by atoms with Gasteiger partial charge in [-0.2, -0.15) is 0 Å². The summed E-state index contributed by atoms with van der Waals surface area (Å²) in [5, 5.41) is 0. The second kappa shape index (κ2) is 8.15. The van der Waals surface area contributed by atoms with Crippen LogP contribution in [-0.2, 0) is 14.3 Å². The van der Waals surface area contributed by atoms with Gasteiger partial charge < -0.3 is 14.4 Å². The van der Waals surface area contributed by atoms with Crippen LogP contribution in [0.1, 0.15) is 25.0 Å². The van der Waals surface area contributed by atoms with Crippen molar-refractivity contribution in [3.63, 3.8) is 0 Å². The summed E-state index contributed by atoms with van der Waals surface area (Å²) in [7, 11) is 1.50. The average molecular weight is 424 g/mol. The lowest BCUT2D eigenvalue weighted by atomic mass is 10.0. The summed E-state index contributed by atoms with van der Waals surface area (Å²) in [6.45, 7) is 6.70. The molecule has 0 spiro atoms. The van der Waals surface area contributed by atoms with Crippen LogP contribution in [0.4, 0.5) is 10.1 Å². The number of halogens is 1. The van der Waals surface area contributed by atoms with Crippen LogP contribution in [0.15, 0.2) is 48.2 Å². The van der Waals surface area contributed by atoms with E-state index >= 15 is 0 Å². The average Bonchev–Trinajstić information content (AvgIpc) is 2.98. The number of methoxy groups -OCH3 is 1. The fourth-order valence-corrected chi connectivity index (χ4v) is 4.24. The number of benzene rings is 2. The van der Waals surface area contributed by atoms with Gasteiger partial charge in [-0.1, -0.05) is 18.2 Å². The number of morpholine rings is 1. The van der Waals surface area contributed by atoms with Crippen molar-refractivity contribution in [2.75, 3.05) is 25.1 Å². The first-order chi connectivity index (χ1) is 14.8. The van der Waals surface area contributed by atoms with E-state index in [1.807, 2.05) is 31.7 Å². The second-order valence-electron chi connectivity index (χ2n) is 8.01. The Balaban J connectivity index is 1.87. The normalized spacial score (nSPS) is 21.8. The molecule has 0 saturated carbocycles. The maximum atomic E-state index is 13.7. The molecule has 2 aromatic carbocycles. The zero-order valence-corrected chi connectivity index (χ0v) is 18.0. The number of anilines is 1. The van der Waals surface area contributed by atoms with Gasteiger partial charge in [-0.05, 0) is 56.2 Å². The van der Waals surface area contributed by atoms with Crippen LogP contribution in [0.25, 0.3) is 5.57 Å². The van der Waals surface area contributed by atoms with Crippen LogP contribution in [-0.4, -0.2) is 49.1 Å². The van der Waals surface area contributed by atoms with Gasteiger partial charge >= 0.3 is 0 Å². The number of rotatable bonds is 4. The summed E-state index contributed by atoms with van der Waals surface area (Å²) in [5.41, 5.74) is 2.34. The maximum Gasteiger partial charge on any atom is 0.282 e. The molecule has 0 radical (unpaired) electrons. The topological polar surface area (TPSA) is 59.1 Å². The zero-order valence-electron chi connectivity index (χ0n) is 18.0. The number of aryl methyl sites for hydroxylation is 1. The van der Waals surface area contributed by atoms with Gasteiger partial charge in [0.15, 0.2) is 0 Å². The third kappa shape index (κ3) is 3.81. The van der Waals surface area contributed by atoms with Gasteiger partial charge in [0.05, 0.1) is 30.6 Å². The van der Waals surface area contributed by atoms with Gasteiger partial charge in [0.2, 0.25) is 0 Å². The molecule has 0 N–H and O–H groups in total. The van der Waals surface area contributed by atoms with Crippen LogP contribution in [0.2, 0.25) is 0 Å². The minimum atomic E-state index is -0.456. The molecular formula is C24H25FN2O4. The Morgan fingerprint density at radius 2 is 1.65 bits per heavy atom. The summed E-state index contributed by atoms with van der Waals surface area (Å²) in [4.78, 5) is 30.4. The quantitative estimate of drug-likeness (QED) is 0.703. The van der Waals surface area contributed by atoms with Crippen molar-refractivity contribution in [3.8, 4) is 5.75 Å². The summed E-state index contributed by atoms with van der Waals surface area (Å²) in [6.07, 6.45) is -0.202. The largest absolute Gasteiger partial charge is 0.495 e. The number of amides is 2. The molecule has 162 valence electrons. The highest BCUT2D eigenvalue weighted by molar-refractivity contribution is 6.45. The Labute approximate surface area is 180 Å². The number of hydrogen-bond donors (Lipinski definition) is 0. The van der Waals surface area contributed by atoms with E-state index in [4.69, 9.17) is 9.47 Å². The van der Waals surface area contributed by atoms with Crippen LogP contribution < -0.4 is 9.64 Å². The predicted molar refractivity (Wildman–Crippen MR) is 115 cm³/mol. The Morgan fingerprint density at radius 1 is 1.00 bits per heavy atom. The van der Waals surface area contributed by atoms with Gasteiger partial charge in [0.25, 0.3) is 11.8 Å². The molecule has 0 bridgehead atoms. The molecule has 2 atom stereocenters. The van der Waals surface area contributed by atoms with Crippen molar-refractivity contribution >= 4 is 23.1 Å². The van der Waals surface area contributed by atoms with Crippen molar-refractivity contribution in [2.24, 2.45) is 0 Å². The van der Waals surface area contributed by atoms with Crippen LogP contribution in [0.5, 0.6) is 5.75 Å². The third-order valence-electron chi connectivity index (χ3n) is 5.50. The second-order valence-corrected chi connectivity index (χ2v) is 8.01. The van der Waals surface area contributed by atoms with Crippen molar-refractivity contribution in [2.45, 2.75) is 33.0 Å². The molecule has 2 aliphatic heterocycles. The van der Waals surface area contributed by atoms with Crippen molar-refractivity contribution in [3.05, 3.63) is 65.1 Å². The number of imide groups is 1. The number of carbonyl (C=O) groups is 2. The Kier molecular flexibility index (Phi) is 5.54. The maximum absolute atomic E-state index is 13.7. The summed E-state index contributed by atoms with van der Waals surface area (Å²) in [6, 6.07) is 11.0. The molecule has 2 heterocycles. The highest BCUT2D eigenvalue weighted by Crippen LogP contribution is 2.39. The molecule has 1 saturated heterocycles. The lowest BCUT2D eigenvalue weighted by molar-refractivity contribution is -0.121. The lowest BCUT2D eigenvalue weighted by Crippen LogP contribution is -2.47. The highest BCUT2D eigenvalue weighted by atomic mass is 19.1. The summed E-state index contributed by atoms with van der Waals surface area (Å²) in [5.74, 6) is -0.860. The van der Waals surface area contributed by atoms with Crippen molar-refractivity contribution in [1.82, 2.24) is 4.90 Å². The third-order valence-corrected chi connectivity index (χ3v) is 5.50. The van der Waals surface area contributed by atoms with E-state index in [2.05, 4.69) is 0 Å². The fourth-order valence-electron chi connectivity index (χ4n) is 4.24. The lowest BCUT2D eigenvalue weighted by Gasteiger charge is -2.37. The molecular weight excluding hydrogens is 399 g/mol. The van der Waals surface area contributed by atoms with Gasteiger partial charge in [-0.3, -0.25) is 9.59 Å². The molecule has 0 aromatic heterocycles. The molecule has 1 fully saturated rings. The smallest absolute Gasteiger partial charge is 0.282 e. The summed E-state index contributed by atoms with van der Waals surface area (Å²) >= 11 is 0. The van der Waals surface area contributed by atoms with Gasteiger partial charge in [-0.15, -0.1) is 0 Å². The monoisotopic (exact) mass is 424 g/mol. The van der Waals surface area contributed by atoms with E-state index in [-0.39, 0.29) is 17.8 Å². The van der Waals surface area contributed by atoms with Gasteiger partial charge in [0, 0.05) is 13.1 Å².